The van der Waals surface area contributed by atoms with Crippen molar-refractivity contribution >= 4 is 120 Å². The van der Waals surface area contributed by atoms with Crippen LogP contribution in [0.2, 0.25) is 0 Å². The van der Waals surface area contributed by atoms with E-state index in [0.717, 1.165) is 60.3 Å². The van der Waals surface area contributed by atoms with E-state index in [-0.39, 0.29) is 10.6 Å². The van der Waals surface area contributed by atoms with Crippen molar-refractivity contribution in [3.63, 3.8) is 0 Å². The molecule has 6 nitrogen and oxygen atoms in total. The first kappa shape index (κ1) is 30.9. The number of rotatable bonds is 3. The Balaban J connectivity index is 0.985. The van der Waals surface area contributed by atoms with Crippen molar-refractivity contribution < 1.29 is 4.92 Å². The van der Waals surface area contributed by atoms with Gasteiger partial charge in [-0.05, 0) is 89.0 Å². The molecule has 6 heteroatoms. The predicted octanol–water partition coefficient (Wildman–Crippen LogP) is 14.4. The van der Waals surface area contributed by atoms with Crippen molar-refractivity contribution in [3.05, 3.63) is 180 Å². The van der Waals surface area contributed by atoms with Crippen LogP contribution in [-0.4, -0.2) is 18.1 Å². The topological polar surface area (TPSA) is 56.4 Å². The lowest BCUT2D eigenvalue weighted by molar-refractivity contribution is -0.384. The highest BCUT2D eigenvalue weighted by atomic mass is 16.6. The van der Waals surface area contributed by atoms with E-state index in [1.165, 1.54) is 76.2 Å². The zero-order valence-electron chi connectivity index (χ0n) is 31.8. The van der Waals surface area contributed by atoms with Gasteiger partial charge in [0.2, 0.25) is 0 Å². The molecule has 15 aromatic rings. The highest BCUT2D eigenvalue weighted by Crippen LogP contribution is 2.46. The summed E-state index contributed by atoms with van der Waals surface area (Å²) in [5.74, 6) is 0. The van der Waals surface area contributed by atoms with Crippen LogP contribution in [0.4, 0.5) is 5.69 Å². The second kappa shape index (κ2) is 10.4. The van der Waals surface area contributed by atoms with Crippen molar-refractivity contribution in [2.75, 3.05) is 0 Å². The van der Waals surface area contributed by atoms with E-state index in [4.69, 9.17) is 0 Å². The van der Waals surface area contributed by atoms with Crippen molar-refractivity contribution in [1.29, 1.82) is 0 Å². The second-order valence-corrected chi connectivity index (χ2v) is 16.5. The minimum absolute atomic E-state index is 0.0939. The van der Waals surface area contributed by atoms with E-state index >= 15 is 0 Å². The van der Waals surface area contributed by atoms with E-state index < -0.39 is 0 Å². The fraction of sp³-hybridized carbons (Fsp3) is 0. The van der Waals surface area contributed by atoms with Crippen LogP contribution in [0.5, 0.6) is 0 Å². The zero-order chi connectivity index (χ0) is 39.1. The molecule has 276 valence electrons. The minimum atomic E-state index is -0.296. The molecule has 0 spiro atoms. The molecule has 0 amide bonds. The van der Waals surface area contributed by atoms with Crippen LogP contribution in [0.1, 0.15) is 0 Å². The molecular formula is C54H28N4O2. The van der Waals surface area contributed by atoms with Gasteiger partial charge in [-0.25, -0.2) is 0 Å². The summed E-state index contributed by atoms with van der Waals surface area (Å²) in [5, 5.41) is 26.3. The molecule has 0 N–H and O–H groups in total. The Bertz CT molecular complexity index is 4390. The number of aromatic nitrogens is 3. The highest BCUT2D eigenvalue weighted by molar-refractivity contribution is 6.27. The largest absolute Gasteiger partial charge is 0.308 e. The van der Waals surface area contributed by atoms with Crippen LogP contribution in [-0.2, 0) is 0 Å². The summed E-state index contributed by atoms with van der Waals surface area (Å²) < 4.78 is 7.13. The normalized spacial score (nSPS) is 12.8. The molecule has 0 radical (unpaired) electrons. The summed E-state index contributed by atoms with van der Waals surface area (Å²) in [6.07, 6.45) is 0. The van der Waals surface area contributed by atoms with E-state index in [1.807, 2.05) is 6.07 Å². The Morgan fingerprint density at radius 1 is 0.300 bits per heavy atom. The Hall–Kier alpha value is -8.22. The molecule has 0 saturated heterocycles. The van der Waals surface area contributed by atoms with E-state index in [2.05, 4.69) is 165 Å². The number of nitrogens with zero attached hydrogens (tertiary/aromatic N) is 4. The van der Waals surface area contributed by atoms with Crippen LogP contribution >= 0.6 is 0 Å². The monoisotopic (exact) mass is 764 g/mol. The van der Waals surface area contributed by atoms with Gasteiger partial charge in [-0.1, -0.05) is 91.0 Å². The van der Waals surface area contributed by atoms with Crippen molar-refractivity contribution in [2.24, 2.45) is 0 Å². The first-order valence-corrected chi connectivity index (χ1v) is 20.4. The number of benzene rings is 9. The van der Waals surface area contributed by atoms with Gasteiger partial charge in [0.25, 0.3) is 5.69 Å². The summed E-state index contributed by atoms with van der Waals surface area (Å²) in [4.78, 5) is 11.8. The lowest BCUT2D eigenvalue weighted by Crippen LogP contribution is -1.87. The number of hydrogen-bond acceptors (Lipinski definition) is 2. The molecule has 15 rings (SSSR count). The minimum Gasteiger partial charge on any atom is -0.308 e. The third-order valence-corrected chi connectivity index (χ3v) is 13.7. The number of nitro groups is 1. The van der Waals surface area contributed by atoms with Gasteiger partial charge in [-0.3, -0.25) is 10.1 Å². The molecule has 0 unspecified atom stereocenters. The van der Waals surface area contributed by atoms with Crippen LogP contribution < -0.4 is 0 Å². The standard InChI is InChI=1S/C54H28N4O2/c59-58(60)33-18-22-51-43(28-33)45-27-32(31-17-21-49-41(25-31)39-12-6-10-37-35-8-2-4-14-47(35)56(49)53(37)39)26-44-42-24-30(16-20-50(42)57(51)54(44)45)29-15-19-48-40(23-29)38-11-5-9-36-34-7-1-3-13-46(34)55(48)52(36)38/h1-28H. The van der Waals surface area contributed by atoms with Gasteiger partial charge < -0.3 is 13.2 Å². The SMILES string of the molecule is O=[N+]([O-])c1ccc2c(c1)c1cc(-c3ccc4c(c3)c3cccc5c6ccccc6n4c53)cc3c4cc(-c5ccc6c(c5)c5cccc7c8ccccc8n6c75)ccc4n2c31. The number of para-hydroxylation sites is 4. The van der Waals surface area contributed by atoms with Gasteiger partial charge in [0.15, 0.2) is 0 Å². The fourth-order valence-electron chi connectivity index (χ4n) is 11.2. The van der Waals surface area contributed by atoms with Gasteiger partial charge in [0.1, 0.15) is 0 Å². The highest BCUT2D eigenvalue weighted by Gasteiger charge is 2.23. The van der Waals surface area contributed by atoms with Crippen molar-refractivity contribution in [2.45, 2.75) is 0 Å². The average molecular weight is 765 g/mol. The van der Waals surface area contributed by atoms with Crippen molar-refractivity contribution in [1.82, 2.24) is 13.2 Å². The number of fused-ring (bicyclic) bond motifs is 18. The Morgan fingerprint density at radius 2 is 0.633 bits per heavy atom. The first-order valence-electron chi connectivity index (χ1n) is 20.4. The number of hydrogen-bond donors (Lipinski definition) is 0. The summed E-state index contributed by atoms with van der Waals surface area (Å²) in [6.45, 7) is 0. The molecule has 6 heterocycles. The van der Waals surface area contributed by atoms with Crippen LogP contribution in [0.3, 0.4) is 0 Å². The summed E-state index contributed by atoms with van der Waals surface area (Å²) in [7, 11) is 0. The Morgan fingerprint density at radius 3 is 1.12 bits per heavy atom. The van der Waals surface area contributed by atoms with Crippen LogP contribution in [0.15, 0.2) is 170 Å². The quantitative estimate of drug-likeness (QED) is 0.133. The number of non-ortho nitro benzene ring substituents is 1. The summed E-state index contributed by atoms with van der Waals surface area (Å²) in [6, 6.07) is 61.0. The zero-order valence-corrected chi connectivity index (χ0v) is 31.8. The third kappa shape index (κ3) is 3.58. The van der Waals surface area contributed by atoms with E-state index in [9.17, 15) is 10.1 Å². The molecule has 60 heavy (non-hydrogen) atoms. The third-order valence-electron chi connectivity index (χ3n) is 13.7. The summed E-state index contributed by atoms with van der Waals surface area (Å²) in [5.41, 5.74) is 15.1. The van der Waals surface area contributed by atoms with E-state index in [1.54, 1.807) is 12.1 Å². The molecule has 9 aromatic carbocycles. The smallest absolute Gasteiger partial charge is 0.270 e. The van der Waals surface area contributed by atoms with Gasteiger partial charge in [0, 0.05) is 76.8 Å². The Kier molecular flexibility index (Phi) is 5.37. The van der Waals surface area contributed by atoms with E-state index in [0.29, 0.717) is 0 Å². The predicted molar refractivity (Wildman–Crippen MR) is 248 cm³/mol. The molecule has 0 bridgehead atoms. The lowest BCUT2D eigenvalue weighted by atomic mass is 9.96. The van der Waals surface area contributed by atoms with Gasteiger partial charge in [-0.2, -0.15) is 0 Å². The van der Waals surface area contributed by atoms with Crippen LogP contribution in [0, 0.1) is 10.1 Å². The molecule has 0 saturated carbocycles. The first-order chi connectivity index (χ1) is 29.6. The fourth-order valence-corrected chi connectivity index (χ4v) is 11.2. The second-order valence-electron chi connectivity index (χ2n) is 16.5. The van der Waals surface area contributed by atoms with Crippen molar-refractivity contribution in [3.8, 4) is 22.3 Å². The molecule has 0 aliphatic carbocycles. The average Bonchev–Trinajstić information content (AvgIpc) is 4.13. The van der Waals surface area contributed by atoms with Gasteiger partial charge >= 0.3 is 0 Å². The summed E-state index contributed by atoms with van der Waals surface area (Å²) >= 11 is 0. The van der Waals surface area contributed by atoms with Gasteiger partial charge in [0.05, 0.1) is 54.6 Å². The molecule has 0 aliphatic heterocycles. The van der Waals surface area contributed by atoms with Gasteiger partial charge in [-0.15, -0.1) is 0 Å². The molecule has 0 fully saturated rings. The molecule has 0 aliphatic rings. The number of nitro benzene ring substituents is 1. The lowest BCUT2D eigenvalue weighted by Gasteiger charge is -2.07. The maximum absolute atomic E-state index is 12.1. The molecule has 6 aromatic heterocycles. The Labute approximate surface area is 339 Å². The maximum Gasteiger partial charge on any atom is 0.270 e. The maximum atomic E-state index is 12.1. The molecular weight excluding hydrogens is 737 g/mol. The van der Waals surface area contributed by atoms with Crippen LogP contribution in [0.25, 0.3) is 137 Å². The molecule has 0 atom stereocenters.